The van der Waals surface area contributed by atoms with E-state index < -0.39 is 0 Å². The third-order valence-electron chi connectivity index (χ3n) is 3.91. The maximum absolute atomic E-state index is 5.81. The molecule has 0 aliphatic rings. The maximum atomic E-state index is 5.81. The van der Waals surface area contributed by atoms with Crippen LogP contribution in [0, 0.1) is 0 Å². The van der Waals surface area contributed by atoms with Gasteiger partial charge >= 0.3 is 0 Å². The number of nitrogens with one attached hydrogen (secondary N) is 1. The Hall–Kier alpha value is -1.65. The van der Waals surface area contributed by atoms with Gasteiger partial charge in [0.05, 0.1) is 0 Å². The largest absolute Gasteiger partial charge is 0.335 e. The zero-order valence-electron chi connectivity index (χ0n) is 12.3. The van der Waals surface area contributed by atoms with Crippen molar-refractivity contribution in [1.82, 2.24) is 15.0 Å². The van der Waals surface area contributed by atoms with Crippen molar-refractivity contribution in [2.75, 3.05) is 0 Å². The van der Waals surface area contributed by atoms with Gasteiger partial charge in [0, 0.05) is 37.3 Å². The number of aryl methyl sites for hydroxylation is 1. The molecular formula is C16H24N4. The van der Waals surface area contributed by atoms with Crippen LogP contribution >= 0.6 is 0 Å². The lowest BCUT2D eigenvalue weighted by molar-refractivity contribution is 0.415. The minimum absolute atomic E-state index is 0.190. The molecule has 2 aromatic rings. The molecule has 2 unspecified atom stereocenters. The average molecular weight is 272 g/mol. The third-order valence-corrected chi connectivity index (χ3v) is 3.91. The van der Waals surface area contributed by atoms with E-state index in [0.29, 0.717) is 5.92 Å². The fourth-order valence-corrected chi connectivity index (χ4v) is 2.78. The van der Waals surface area contributed by atoms with Crippen LogP contribution < -0.4 is 11.3 Å². The molecule has 2 rings (SSSR count). The molecule has 0 radical (unpaired) electrons. The van der Waals surface area contributed by atoms with Crippen LogP contribution in [0.2, 0.25) is 0 Å². The average Bonchev–Trinajstić information content (AvgIpc) is 2.95. The molecular weight excluding hydrogens is 248 g/mol. The van der Waals surface area contributed by atoms with Gasteiger partial charge in [0.25, 0.3) is 0 Å². The zero-order valence-corrected chi connectivity index (χ0v) is 12.3. The van der Waals surface area contributed by atoms with Crippen molar-refractivity contribution < 1.29 is 0 Å². The van der Waals surface area contributed by atoms with Gasteiger partial charge in [0.15, 0.2) is 0 Å². The molecule has 0 aliphatic heterocycles. The summed E-state index contributed by atoms with van der Waals surface area (Å²) in [5.41, 5.74) is 4.31. The lowest BCUT2D eigenvalue weighted by atomic mass is 9.87. The summed E-state index contributed by atoms with van der Waals surface area (Å²) >= 11 is 0. The summed E-state index contributed by atoms with van der Waals surface area (Å²) in [5, 5.41) is 0. The van der Waals surface area contributed by atoms with Crippen molar-refractivity contribution in [3.8, 4) is 0 Å². The van der Waals surface area contributed by atoms with Crippen LogP contribution in [0.25, 0.3) is 0 Å². The molecule has 0 fully saturated rings. The highest BCUT2D eigenvalue weighted by molar-refractivity contribution is 5.21. The second-order valence-corrected chi connectivity index (χ2v) is 5.03. The summed E-state index contributed by atoms with van der Waals surface area (Å²) in [5.74, 6) is 7.29. The summed E-state index contributed by atoms with van der Waals surface area (Å²) in [6, 6.07) is 10.7. The van der Waals surface area contributed by atoms with Gasteiger partial charge in [0.2, 0.25) is 0 Å². The minimum atomic E-state index is 0.190. The molecule has 108 valence electrons. The number of hydrogen-bond donors (Lipinski definition) is 2. The summed E-state index contributed by atoms with van der Waals surface area (Å²) < 4.78 is 2.17. The smallest absolute Gasteiger partial charge is 0.110 e. The van der Waals surface area contributed by atoms with Crippen molar-refractivity contribution in [1.29, 1.82) is 0 Å². The van der Waals surface area contributed by atoms with Crippen molar-refractivity contribution in [3.05, 3.63) is 54.1 Å². The molecule has 20 heavy (non-hydrogen) atoms. The van der Waals surface area contributed by atoms with Crippen LogP contribution in [0.15, 0.2) is 42.7 Å². The lowest BCUT2D eigenvalue weighted by Gasteiger charge is -2.26. The number of aromatic nitrogens is 2. The molecule has 4 nitrogen and oxygen atoms in total. The molecule has 1 aromatic carbocycles. The van der Waals surface area contributed by atoms with E-state index in [1.807, 2.05) is 18.5 Å². The molecule has 4 heteroatoms. The van der Waals surface area contributed by atoms with E-state index in [1.54, 1.807) is 0 Å². The predicted octanol–water partition coefficient (Wildman–Crippen LogP) is 2.47. The van der Waals surface area contributed by atoms with Gasteiger partial charge in [-0.15, -0.1) is 0 Å². The Kier molecular flexibility index (Phi) is 5.32. The molecule has 0 aliphatic carbocycles. The van der Waals surface area contributed by atoms with Crippen molar-refractivity contribution in [2.45, 2.75) is 45.2 Å². The second-order valence-electron chi connectivity index (χ2n) is 5.03. The van der Waals surface area contributed by atoms with Crippen molar-refractivity contribution >= 4 is 0 Å². The number of imidazole rings is 1. The topological polar surface area (TPSA) is 55.9 Å². The Bertz CT molecular complexity index is 506. The number of nitrogens with zero attached hydrogens (tertiary/aromatic N) is 2. The SMILES string of the molecule is CCC(c1ccccc1)C(Cc1nccn1CC)NN. The van der Waals surface area contributed by atoms with Crippen molar-refractivity contribution in [2.24, 2.45) is 5.84 Å². The van der Waals surface area contributed by atoms with Gasteiger partial charge in [-0.2, -0.15) is 0 Å². The normalized spacial score (nSPS) is 14.2. The Morgan fingerprint density at radius 1 is 1.25 bits per heavy atom. The fourth-order valence-electron chi connectivity index (χ4n) is 2.78. The van der Waals surface area contributed by atoms with Crippen LogP contribution in [0.4, 0.5) is 0 Å². The highest BCUT2D eigenvalue weighted by Crippen LogP contribution is 2.24. The van der Waals surface area contributed by atoms with E-state index in [1.165, 1.54) is 5.56 Å². The van der Waals surface area contributed by atoms with Crippen LogP contribution in [-0.2, 0) is 13.0 Å². The Labute approximate surface area is 121 Å². The van der Waals surface area contributed by atoms with E-state index >= 15 is 0 Å². The van der Waals surface area contributed by atoms with Gasteiger partial charge in [-0.25, -0.2) is 4.98 Å². The van der Waals surface area contributed by atoms with E-state index in [-0.39, 0.29) is 6.04 Å². The first kappa shape index (κ1) is 14.8. The molecule has 3 N–H and O–H groups in total. The van der Waals surface area contributed by atoms with E-state index in [4.69, 9.17) is 5.84 Å². The van der Waals surface area contributed by atoms with Crippen LogP contribution in [-0.4, -0.2) is 15.6 Å². The fraction of sp³-hybridized carbons (Fsp3) is 0.438. The molecule has 0 saturated carbocycles. The quantitative estimate of drug-likeness (QED) is 0.601. The highest BCUT2D eigenvalue weighted by atomic mass is 15.2. The number of hydrogen-bond acceptors (Lipinski definition) is 3. The number of rotatable bonds is 7. The second kappa shape index (κ2) is 7.22. The van der Waals surface area contributed by atoms with E-state index in [9.17, 15) is 0 Å². The molecule has 1 heterocycles. The van der Waals surface area contributed by atoms with E-state index in [0.717, 1.165) is 25.2 Å². The highest BCUT2D eigenvalue weighted by Gasteiger charge is 2.22. The summed E-state index contributed by atoms with van der Waals surface area (Å²) in [6.07, 6.45) is 5.76. The first-order valence-electron chi connectivity index (χ1n) is 7.31. The molecule has 0 saturated heterocycles. The zero-order chi connectivity index (χ0) is 14.4. The summed E-state index contributed by atoms with van der Waals surface area (Å²) in [6.45, 7) is 5.27. The Balaban J connectivity index is 2.18. The molecule has 2 atom stereocenters. The molecule has 0 spiro atoms. The summed E-state index contributed by atoms with van der Waals surface area (Å²) in [4.78, 5) is 4.45. The number of benzene rings is 1. The monoisotopic (exact) mass is 272 g/mol. The minimum Gasteiger partial charge on any atom is -0.335 e. The first-order chi connectivity index (χ1) is 9.80. The van der Waals surface area contributed by atoms with Gasteiger partial charge < -0.3 is 4.57 Å². The number of nitrogens with two attached hydrogens (primary N) is 1. The maximum Gasteiger partial charge on any atom is 0.110 e. The Morgan fingerprint density at radius 3 is 2.60 bits per heavy atom. The number of hydrazine groups is 1. The van der Waals surface area contributed by atoms with Gasteiger partial charge in [-0.1, -0.05) is 37.3 Å². The predicted molar refractivity (Wildman–Crippen MR) is 82.2 cm³/mol. The summed E-state index contributed by atoms with van der Waals surface area (Å²) in [7, 11) is 0. The van der Waals surface area contributed by atoms with Gasteiger partial charge in [-0.3, -0.25) is 11.3 Å². The molecule has 0 amide bonds. The van der Waals surface area contributed by atoms with Gasteiger partial charge in [0.1, 0.15) is 5.82 Å². The third kappa shape index (κ3) is 3.26. The van der Waals surface area contributed by atoms with Crippen LogP contribution in [0.3, 0.4) is 0 Å². The van der Waals surface area contributed by atoms with Crippen LogP contribution in [0.5, 0.6) is 0 Å². The lowest BCUT2D eigenvalue weighted by Crippen LogP contribution is -2.41. The molecule has 0 bridgehead atoms. The van der Waals surface area contributed by atoms with Crippen LogP contribution in [0.1, 0.15) is 37.6 Å². The standard InChI is InChI=1S/C16H24N4/c1-3-14(13-8-6-5-7-9-13)15(19-17)12-16-18-10-11-20(16)4-2/h5-11,14-15,19H,3-4,12,17H2,1-2H3. The van der Waals surface area contributed by atoms with E-state index in [2.05, 4.69) is 53.1 Å². The van der Waals surface area contributed by atoms with Crippen molar-refractivity contribution in [3.63, 3.8) is 0 Å². The Morgan fingerprint density at radius 2 is 2.00 bits per heavy atom. The molecule has 1 aromatic heterocycles. The van der Waals surface area contributed by atoms with Gasteiger partial charge in [-0.05, 0) is 18.9 Å². The first-order valence-corrected chi connectivity index (χ1v) is 7.31.